The Balaban J connectivity index is 1.51. The summed E-state index contributed by atoms with van der Waals surface area (Å²) in [5.41, 5.74) is 6.12. The van der Waals surface area contributed by atoms with Crippen molar-refractivity contribution in [3.8, 4) is 0 Å². The highest BCUT2D eigenvalue weighted by molar-refractivity contribution is 4.90. The molecule has 2 heterocycles. The van der Waals surface area contributed by atoms with Crippen molar-refractivity contribution in [3.05, 3.63) is 0 Å². The SMILES string of the molecule is NC1CCCC(N2CCC(N3CCOCC3)C2)C1. The van der Waals surface area contributed by atoms with E-state index in [9.17, 15) is 0 Å². The van der Waals surface area contributed by atoms with Crippen LogP contribution in [0.5, 0.6) is 0 Å². The molecule has 1 saturated carbocycles. The molecule has 3 atom stereocenters. The van der Waals surface area contributed by atoms with Crippen LogP contribution in [0.15, 0.2) is 0 Å². The highest BCUT2D eigenvalue weighted by atomic mass is 16.5. The molecule has 4 heteroatoms. The Kier molecular flexibility index (Phi) is 4.19. The lowest BCUT2D eigenvalue weighted by atomic mass is 9.91. The van der Waals surface area contributed by atoms with E-state index in [0.717, 1.165) is 38.4 Å². The Bertz CT molecular complexity index is 268. The summed E-state index contributed by atoms with van der Waals surface area (Å²) >= 11 is 0. The molecule has 0 spiro atoms. The zero-order chi connectivity index (χ0) is 12.4. The lowest BCUT2D eigenvalue weighted by Crippen LogP contribution is -2.46. The van der Waals surface area contributed by atoms with Crippen LogP contribution in [0.4, 0.5) is 0 Å². The van der Waals surface area contributed by atoms with Gasteiger partial charge in [0, 0.05) is 44.3 Å². The first kappa shape index (κ1) is 12.9. The summed E-state index contributed by atoms with van der Waals surface area (Å²) in [6.45, 7) is 6.64. The van der Waals surface area contributed by atoms with Gasteiger partial charge in [0.2, 0.25) is 0 Å². The molecule has 104 valence electrons. The maximum atomic E-state index is 6.12. The van der Waals surface area contributed by atoms with Gasteiger partial charge < -0.3 is 10.5 Å². The number of rotatable bonds is 2. The summed E-state index contributed by atoms with van der Waals surface area (Å²) in [7, 11) is 0. The lowest BCUT2D eigenvalue weighted by Gasteiger charge is -2.36. The fraction of sp³-hybridized carbons (Fsp3) is 1.00. The summed E-state index contributed by atoms with van der Waals surface area (Å²) in [6, 6.07) is 1.98. The van der Waals surface area contributed by atoms with Crippen LogP contribution in [0, 0.1) is 0 Å². The average molecular weight is 253 g/mol. The van der Waals surface area contributed by atoms with E-state index < -0.39 is 0 Å². The van der Waals surface area contributed by atoms with E-state index in [1.807, 2.05) is 0 Å². The summed E-state index contributed by atoms with van der Waals surface area (Å²) in [6.07, 6.45) is 6.48. The molecular formula is C14H27N3O. The maximum absolute atomic E-state index is 6.12. The third-order valence-corrected chi connectivity index (χ3v) is 4.96. The van der Waals surface area contributed by atoms with E-state index in [4.69, 9.17) is 10.5 Å². The standard InChI is InChI=1S/C14H27N3O/c15-12-2-1-3-13(10-12)17-5-4-14(11-17)16-6-8-18-9-7-16/h12-14H,1-11,15H2. The molecule has 4 nitrogen and oxygen atoms in total. The van der Waals surface area contributed by atoms with Crippen molar-refractivity contribution < 1.29 is 4.74 Å². The summed E-state index contributed by atoms with van der Waals surface area (Å²) < 4.78 is 5.44. The van der Waals surface area contributed by atoms with Crippen molar-refractivity contribution in [2.45, 2.75) is 50.2 Å². The topological polar surface area (TPSA) is 41.7 Å². The Morgan fingerprint density at radius 2 is 1.72 bits per heavy atom. The zero-order valence-corrected chi connectivity index (χ0v) is 11.4. The predicted octanol–water partition coefficient (Wildman–Crippen LogP) is 0.663. The van der Waals surface area contributed by atoms with Gasteiger partial charge >= 0.3 is 0 Å². The molecule has 2 saturated heterocycles. The molecule has 0 aromatic heterocycles. The van der Waals surface area contributed by atoms with Crippen LogP contribution in [-0.2, 0) is 4.74 Å². The number of ether oxygens (including phenoxy) is 1. The van der Waals surface area contributed by atoms with Crippen LogP contribution in [0.1, 0.15) is 32.1 Å². The molecule has 0 radical (unpaired) electrons. The number of hydrogen-bond donors (Lipinski definition) is 1. The first-order valence-electron chi connectivity index (χ1n) is 7.64. The molecule has 1 aliphatic carbocycles. The molecule has 0 amide bonds. The second-order valence-corrected chi connectivity index (χ2v) is 6.17. The van der Waals surface area contributed by atoms with E-state index >= 15 is 0 Å². The molecule has 3 fully saturated rings. The second-order valence-electron chi connectivity index (χ2n) is 6.17. The van der Waals surface area contributed by atoms with E-state index in [-0.39, 0.29) is 0 Å². The van der Waals surface area contributed by atoms with Crippen molar-refractivity contribution in [2.75, 3.05) is 39.4 Å². The summed E-state index contributed by atoms with van der Waals surface area (Å²) in [5.74, 6) is 0. The molecular weight excluding hydrogens is 226 g/mol. The summed E-state index contributed by atoms with van der Waals surface area (Å²) in [4.78, 5) is 5.34. The van der Waals surface area contributed by atoms with E-state index in [1.54, 1.807) is 0 Å². The average Bonchev–Trinajstić information content (AvgIpc) is 2.89. The molecule has 0 aromatic rings. The zero-order valence-electron chi connectivity index (χ0n) is 11.4. The van der Waals surface area contributed by atoms with Crippen molar-refractivity contribution in [2.24, 2.45) is 5.73 Å². The van der Waals surface area contributed by atoms with Crippen molar-refractivity contribution in [3.63, 3.8) is 0 Å². The smallest absolute Gasteiger partial charge is 0.0594 e. The molecule has 18 heavy (non-hydrogen) atoms. The lowest BCUT2D eigenvalue weighted by molar-refractivity contribution is 0.0170. The molecule has 3 rings (SSSR count). The maximum Gasteiger partial charge on any atom is 0.0594 e. The quantitative estimate of drug-likeness (QED) is 0.785. The van der Waals surface area contributed by atoms with Crippen molar-refractivity contribution in [1.82, 2.24) is 9.80 Å². The van der Waals surface area contributed by atoms with Gasteiger partial charge in [-0.1, -0.05) is 6.42 Å². The first-order valence-corrected chi connectivity index (χ1v) is 7.64. The molecule has 2 N–H and O–H groups in total. The minimum atomic E-state index is 0.450. The molecule has 0 bridgehead atoms. The highest BCUT2D eigenvalue weighted by Crippen LogP contribution is 2.27. The third kappa shape index (κ3) is 2.87. The minimum Gasteiger partial charge on any atom is -0.379 e. The van der Waals surface area contributed by atoms with Gasteiger partial charge in [-0.05, 0) is 25.7 Å². The fourth-order valence-electron chi connectivity index (χ4n) is 3.87. The number of morpholine rings is 1. The van der Waals surface area contributed by atoms with Gasteiger partial charge in [-0.2, -0.15) is 0 Å². The van der Waals surface area contributed by atoms with Gasteiger partial charge in [-0.3, -0.25) is 9.80 Å². The number of nitrogens with two attached hydrogens (primary N) is 1. The van der Waals surface area contributed by atoms with Crippen LogP contribution in [0.25, 0.3) is 0 Å². The van der Waals surface area contributed by atoms with Gasteiger partial charge in [0.1, 0.15) is 0 Å². The Labute approximate surface area is 110 Å². The van der Waals surface area contributed by atoms with Gasteiger partial charge in [-0.15, -0.1) is 0 Å². The van der Waals surface area contributed by atoms with Crippen molar-refractivity contribution in [1.29, 1.82) is 0 Å². The Hall–Kier alpha value is -0.160. The largest absolute Gasteiger partial charge is 0.379 e. The third-order valence-electron chi connectivity index (χ3n) is 4.96. The molecule has 2 aliphatic heterocycles. The van der Waals surface area contributed by atoms with E-state index in [0.29, 0.717) is 6.04 Å². The Morgan fingerprint density at radius 3 is 2.50 bits per heavy atom. The molecule has 3 unspecified atom stereocenters. The van der Waals surface area contributed by atoms with Crippen LogP contribution < -0.4 is 5.73 Å². The van der Waals surface area contributed by atoms with Crippen LogP contribution in [0.3, 0.4) is 0 Å². The van der Waals surface area contributed by atoms with Crippen LogP contribution >= 0.6 is 0 Å². The number of likely N-dealkylation sites (tertiary alicyclic amines) is 1. The van der Waals surface area contributed by atoms with E-state index in [1.165, 1.54) is 45.2 Å². The predicted molar refractivity (Wildman–Crippen MR) is 72.6 cm³/mol. The van der Waals surface area contributed by atoms with Crippen LogP contribution in [-0.4, -0.2) is 67.3 Å². The van der Waals surface area contributed by atoms with Gasteiger partial charge in [0.15, 0.2) is 0 Å². The van der Waals surface area contributed by atoms with Gasteiger partial charge in [0.25, 0.3) is 0 Å². The minimum absolute atomic E-state index is 0.450. The molecule has 0 aromatic carbocycles. The van der Waals surface area contributed by atoms with Crippen LogP contribution in [0.2, 0.25) is 0 Å². The second kappa shape index (κ2) is 5.87. The number of nitrogens with zero attached hydrogens (tertiary/aromatic N) is 2. The Morgan fingerprint density at radius 1 is 0.889 bits per heavy atom. The van der Waals surface area contributed by atoms with Gasteiger partial charge in [0.05, 0.1) is 13.2 Å². The van der Waals surface area contributed by atoms with E-state index in [2.05, 4.69) is 9.80 Å². The summed E-state index contributed by atoms with van der Waals surface area (Å²) in [5, 5.41) is 0. The fourth-order valence-corrected chi connectivity index (χ4v) is 3.87. The normalized spacial score (nSPS) is 40.2. The van der Waals surface area contributed by atoms with Gasteiger partial charge in [-0.25, -0.2) is 0 Å². The van der Waals surface area contributed by atoms with Crippen molar-refractivity contribution >= 4 is 0 Å². The highest BCUT2D eigenvalue weighted by Gasteiger charge is 2.33. The first-order chi connectivity index (χ1) is 8.83. The number of hydrogen-bond acceptors (Lipinski definition) is 4. The molecule has 3 aliphatic rings. The monoisotopic (exact) mass is 253 g/mol.